The molecule has 2 aliphatic rings. The molecule has 4 rings (SSSR count). The van der Waals surface area contributed by atoms with Gasteiger partial charge in [0.25, 0.3) is 0 Å². The predicted octanol–water partition coefficient (Wildman–Crippen LogP) is 6.99. The maximum atomic E-state index is 12.2. The lowest BCUT2D eigenvalue weighted by Crippen LogP contribution is -2.06. The van der Waals surface area contributed by atoms with E-state index in [2.05, 4.69) is 55.5 Å². The Kier molecular flexibility index (Phi) is 4.98. The Bertz CT molecular complexity index is 1010. The van der Waals surface area contributed by atoms with Crippen LogP contribution in [0, 0.1) is 6.92 Å². The molecule has 0 atom stereocenters. The van der Waals surface area contributed by atoms with E-state index in [1.807, 2.05) is 32.1 Å². The van der Waals surface area contributed by atoms with Crippen LogP contribution in [0.3, 0.4) is 0 Å². The van der Waals surface area contributed by atoms with Gasteiger partial charge in [0.2, 0.25) is 0 Å². The molecule has 0 amide bonds. The van der Waals surface area contributed by atoms with Gasteiger partial charge in [-0.3, -0.25) is 4.79 Å². The molecule has 0 spiro atoms. The van der Waals surface area contributed by atoms with Crippen molar-refractivity contribution < 1.29 is 4.79 Å². The second-order valence-electron chi connectivity index (χ2n) is 6.87. The monoisotopic (exact) mass is 388 g/mol. The van der Waals surface area contributed by atoms with Crippen molar-refractivity contribution in [3.05, 3.63) is 105 Å². The van der Waals surface area contributed by atoms with Crippen molar-refractivity contribution in [2.45, 2.75) is 20.8 Å². The van der Waals surface area contributed by atoms with Crippen LogP contribution in [0.1, 0.15) is 30.5 Å². The van der Waals surface area contributed by atoms with Crippen LogP contribution >= 0.6 is 21.6 Å². The average molecular weight is 389 g/mol. The summed E-state index contributed by atoms with van der Waals surface area (Å²) < 4.78 is 0. The molecular formula is C24H20OS2. The number of aryl methyl sites for hydroxylation is 1. The first kappa shape index (κ1) is 18.1. The zero-order valence-electron chi connectivity index (χ0n) is 15.6. The predicted molar refractivity (Wildman–Crippen MR) is 119 cm³/mol. The van der Waals surface area contributed by atoms with Crippen molar-refractivity contribution in [1.29, 1.82) is 0 Å². The average Bonchev–Trinajstić information content (AvgIpc) is 3.12. The third-order valence-corrected chi connectivity index (χ3v) is 7.31. The summed E-state index contributed by atoms with van der Waals surface area (Å²) in [7, 11) is 3.59. The molecule has 0 bridgehead atoms. The van der Waals surface area contributed by atoms with Gasteiger partial charge in [0, 0.05) is 15.4 Å². The van der Waals surface area contributed by atoms with Gasteiger partial charge in [-0.2, -0.15) is 0 Å². The molecule has 1 aliphatic carbocycles. The maximum absolute atomic E-state index is 12.2. The summed E-state index contributed by atoms with van der Waals surface area (Å²) in [6.07, 6.45) is 4.05. The number of carbonyl (C=O) groups excluding carboxylic acids is 1. The molecule has 2 aromatic rings. The SMILES string of the molecule is CC1=CC(=C2SSC(c3ccc(C)cc3)=C2c2ccccc2)C=C(C)C1=O. The first-order valence-corrected chi connectivity index (χ1v) is 11.1. The molecule has 3 heteroatoms. The number of allylic oxidation sites excluding steroid dienone is 6. The Morgan fingerprint density at radius 3 is 1.89 bits per heavy atom. The summed E-state index contributed by atoms with van der Waals surface area (Å²) in [6, 6.07) is 19.3. The van der Waals surface area contributed by atoms with Crippen LogP contribution < -0.4 is 0 Å². The standard InChI is InChI=1S/C24H20OS2/c1-15-9-11-19(12-10-15)23-21(18-7-5-4-6-8-18)24(27-26-23)20-13-16(2)22(25)17(3)14-20/h4-14H,1-3H3. The molecule has 0 N–H and O–H groups in total. The lowest BCUT2D eigenvalue weighted by Gasteiger charge is -2.14. The van der Waals surface area contributed by atoms with Gasteiger partial charge in [-0.05, 0) is 60.8 Å². The Morgan fingerprint density at radius 2 is 1.26 bits per heavy atom. The molecule has 0 unspecified atom stereocenters. The van der Waals surface area contributed by atoms with Gasteiger partial charge in [-0.15, -0.1) is 0 Å². The summed E-state index contributed by atoms with van der Waals surface area (Å²) in [4.78, 5) is 14.7. The highest BCUT2D eigenvalue weighted by Crippen LogP contribution is 2.58. The first-order chi connectivity index (χ1) is 13.0. The van der Waals surface area contributed by atoms with Crippen molar-refractivity contribution >= 4 is 37.8 Å². The smallest absolute Gasteiger partial charge is 0.184 e. The first-order valence-electron chi connectivity index (χ1n) is 8.92. The van der Waals surface area contributed by atoms with Gasteiger partial charge >= 0.3 is 0 Å². The van der Waals surface area contributed by atoms with Crippen molar-refractivity contribution in [2.75, 3.05) is 0 Å². The van der Waals surface area contributed by atoms with Crippen molar-refractivity contribution in [1.82, 2.24) is 0 Å². The quantitative estimate of drug-likeness (QED) is 0.516. The minimum atomic E-state index is 0.138. The Balaban J connectivity index is 1.95. The fourth-order valence-corrected chi connectivity index (χ4v) is 6.17. The van der Waals surface area contributed by atoms with Crippen LogP contribution in [0.5, 0.6) is 0 Å². The number of carbonyl (C=O) groups is 1. The molecule has 2 aromatic carbocycles. The van der Waals surface area contributed by atoms with Crippen LogP contribution in [0.15, 0.2) is 88.4 Å². The second-order valence-corrected chi connectivity index (χ2v) is 9.02. The highest BCUT2D eigenvalue weighted by Gasteiger charge is 2.27. The van der Waals surface area contributed by atoms with Crippen molar-refractivity contribution in [2.24, 2.45) is 0 Å². The fraction of sp³-hybridized carbons (Fsp3) is 0.125. The van der Waals surface area contributed by atoms with Gasteiger partial charge < -0.3 is 0 Å². The van der Waals surface area contributed by atoms with Crippen molar-refractivity contribution in [3.63, 3.8) is 0 Å². The van der Waals surface area contributed by atoms with Crippen LogP contribution in [-0.2, 0) is 4.79 Å². The lowest BCUT2D eigenvalue weighted by atomic mass is 9.92. The molecule has 0 aromatic heterocycles. The minimum absolute atomic E-state index is 0.138. The van der Waals surface area contributed by atoms with E-state index in [9.17, 15) is 4.79 Å². The Morgan fingerprint density at radius 1 is 0.667 bits per heavy atom. The van der Waals surface area contributed by atoms with Crippen LogP contribution in [0.2, 0.25) is 0 Å². The van der Waals surface area contributed by atoms with Crippen LogP contribution in [0.4, 0.5) is 0 Å². The summed E-state index contributed by atoms with van der Waals surface area (Å²) in [5.74, 6) is 0.138. The number of benzene rings is 2. The van der Waals surface area contributed by atoms with Crippen LogP contribution in [-0.4, -0.2) is 5.78 Å². The molecule has 1 heterocycles. The van der Waals surface area contributed by atoms with E-state index < -0.39 is 0 Å². The zero-order valence-corrected chi connectivity index (χ0v) is 17.2. The van der Waals surface area contributed by atoms with Gasteiger partial charge in [-0.25, -0.2) is 0 Å². The van der Waals surface area contributed by atoms with Gasteiger partial charge in [0.1, 0.15) is 0 Å². The summed E-state index contributed by atoms with van der Waals surface area (Å²) in [6.45, 7) is 5.91. The van der Waals surface area contributed by atoms with Crippen LogP contribution in [0.25, 0.3) is 10.5 Å². The Hall–Kier alpha value is -2.23. The van der Waals surface area contributed by atoms with E-state index in [1.54, 1.807) is 21.6 Å². The van der Waals surface area contributed by atoms with Gasteiger partial charge in [0.15, 0.2) is 5.78 Å². The number of Topliss-reactive ketones (excluding diaryl/α,β-unsaturated/α-hetero) is 1. The van der Waals surface area contributed by atoms with Gasteiger partial charge in [-0.1, -0.05) is 81.7 Å². The maximum Gasteiger partial charge on any atom is 0.184 e. The molecule has 0 saturated heterocycles. The molecule has 0 saturated carbocycles. The van der Waals surface area contributed by atoms with E-state index in [1.165, 1.54) is 32.1 Å². The summed E-state index contributed by atoms with van der Waals surface area (Å²) in [5.41, 5.74) is 7.70. The highest BCUT2D eigenvalue weighted by atomic mass is 33.1. The number of hydrogen-bond acceptors (Lipinski definition) is 3. The summed E-state index contributed by atoms with van der Waals surface area (Å²) in [5, 5.41) is 0. The molecule has 27 heavy (non-hydrogen) atoms. The highest BCUT2D eigenvalue weighted by molar-refractivity contribution is 8.82. The molecule has 0 radical (unpaired) electrons. The van der Waals surface area contributed by atoms with Gasteiger partial charge in [0.05, 0.1) is 0 Å². The molecule has 1 aliphatic heterocycles. The normalized spacial score (nSPS) is 17.4. The van der Waals surface area contributed by atoms with E-state index in [4.69, 9.17) is 0 Å². The second kappa shape index (κ2) is 7.41. The number of rotatable bonds is 2. The van der Waals surface area contributed by atoms with E-state index >= 15 is 0 Å². The number of ketones is 1. The van der Waals surface area contributed by atoms with E-state index in [0.717, 1.165) is 16.7 Å². The Labute approximate surface area is 168 Å². The zero-order chi connectivity index (χ0) is 19.0. The van der Waals surface area contributed by atoms with E-state index in [-0.39, 0.29) is 5.78 Å². The largest absolute Gasteiger partial charge is 0.289 e. The molecule has 134 valence electrons. The van der Waals surface area contributed by atoms with E-state index in [0.29, 0.717) is 0 Å². The fourth-order valence-electron chi connectivity index (χ4n) is 3.31. The minimum Gasteiger partial charge on any atom is -0.289 e. The molecule has 1 nitrogen and oxygen atoms in total. The topological polar surface area (TPSA) is 17.1 Å². The molecule has 0 fully saturated rings. The third-order valence-electron chi connectivity index (χ3n) is 4.76. The number of hydrogen-bond donors (Lipinski definition) is 0. The lowest BCUT2D eigenvalue weighted by molar-refractivity contribution is -0.112. The van der Waals surface area contributed by atoms with Crippen molar-refractivity contribution in [3.8, 4) is 0 Å². The summed E-state index contributed by atoms with van der Waals surface area (Å²) >= 11 is 0. The third kappa shape index (κ3) is 3.50. The molecular weight excluding hydrogens is 368 g/mol.